The molecule has 1 aliphatic carbocycles. The van der Waals surface area contributed by atoms with Crippen molar-refractivity contribution in [3.8, 4) is 0 Å². The zero-order valence-electron chi connectivity index (χ0n) is 12.1. The minimum absolute atomic E-state index is 0.193. The molecule has 21 heavy (non-hydrogen) atoms. The SMILES string of the molecule is CC1CC(C)CC(C(O)c2cccc(C(F)(F)F)c2F)C1. The van der Waals surface area contributed by atoms with E-state index in [4.69, 9.17) is 0 Å². The summed E-state index contributed by atoms with van der Waals surface area (Å²) in [5.41, 5.74) is -1.55. The first-order chi connectivity index (χ1) is 9.70. The quantitative estimate of drug-likeness (QED) is 0.766. The van der Waals surface area contributed by atoms with Gasteiger partial charge in [0.2, 0.25) is 0 Å². The molecule has 1 N–H and O–H groups in total. The standard InChI is InChI=1S/C16H20F4O/c1-9-6-10(2)8-11(7-9)15(21)12-4-3-5-13(14(12)17)16(18,19)20/h3-5,9-11,15,21H,6-8H2,1-2H3. The predicted molar refractivity (Wildman–Crippen MR) is 72.0 cm³/mol. The molecule has 1 nitrogen and oxygen atoms in total. The highest BCUT2D eigenvalue weighted by Gasteiger charge is 2.37. The third-order valence-electron chi connectivity index (χ3n) is 4.31. The maximum Gasteiger partial charge on any atom is 0.419 e. The van der Waals surface area contributed by atoms with Gasteiger partial charge in [0.25, 0.3) is 0 Å². The monoisotopic (exact) mass is 304 g/mol. The Labute approximate surface area is 122 Å². The molecule has 1 aromatic carbocycles. The van der Waals surface area contributed by atoms with E-state index in [2.05, 4.69) is 13.8 Å². The van der Waals surface area contributed by atoms with E-state index in [-0.39, 0.29) is 11.5 Å². The molecule has 3 atom stereocenters. The van der Waals surface area contributed by atoms with E-state index in [1.807, 2.05) is 0 Å². The van der Waals surface area contributed by atoms with Gasteiger partial charge in [-0.2, -0.15) is 13.2 Å². The highest BCUT2D eigenvalue weighted by Crippen LogP contribution is 2.42. The van der Waals surface area contributed by atoms with E-state index in [0.717, 1.165) is 12.5 Å². The number of hydrogen-bond donors (Lipinski definition) is 1. The lowest BCUT2D eigenvalue weighted by atomic mass is 9.73. The summed E-state index contributed by atoms with van der Waals surface area (Å²) in [5.74, 6) is -0.755. The van der Waals surface area contributed by atoms with Gasteiger partial charge in [0.05, 0.1) is 11.7 Å². The van der Waals surface area contributed by atoms with E-state index in [0.29, 0.717) is 30.7 Å². The molecule has 0 saturated heterocycles. The third-order valence-corrected chi connectivity index (χ3v) is 4.31. The minimum atomic E-state index is -4.74. The summed E-state index contributed by atoms with van der Waals surface area (Å²) in [7, 11) is 0. The molecule has 1 aromatic rings. The third kappa shape index (κ3) is 3.57. The Balaban J connectivity index is 2.29. The zero-order valence-corrected chi connectivity index (χ0v) is 12.1. The second kappa shape index (κ2) is 5.95. The zero-order chi connectivity index (χ0) is 15.8. The van der Waals surface area contributed by atoms with E-state index < -0.39 is 23.7 Å². The van der Waals surface area contributed by atoms with Crippen molar-refractivity contribution in [2.24, 2.45) is 17.8 Å². The molecule has 0 bridgehead atoms. The summed E-state index contributed by atoms with van der Waals surface area (Å²) in [6, 6.07) is 3.11. The van der Waals surface area contributed by atoms with Crippen LogP contribution in [-0.2, 0) is 6.18 Å². The van der Waals surface area contributed by atoms with E-state index in [9.17, 15) is 22.7 Å². The lowest BCUT2D eigenvalue weighted by molar-refractivity contribution is -0.140. The van der Waals surface area contributed by atoms with Crippen LogP contribution in [0.5, 0.6) is 0 Å². The number of benzene rings is 1. The van der Waals surface area contributed by atoms with Crippen molar-refractivity contribution in [1.82, 2.24) is 0 Å². The Morgan fingerprint density at radius 1 is 1.10 bits per heavy atom. The van der Waals surface area contributed by atoms with Crippen LogP contribution in [0.1, 0.15) is 50.3 Å². The minimum Gasteiger partial charge on any atom is -0.388 e. The van der Waals surface area contributed by atoms with Gasteiger partial charge in [-0.05, 0) is 43.1 Å². The molecule has 118 valence electrons. The largest absolute Gasteiger partial charge is 0.419 e. The average molecular weight is 304 g/mol. The molecule has 1 saturated carbocycles. The van der Waals surface area contributed by atoms with Crippen LogP contribution in [0.2, 0.25) is 0 Å². The lowest BCUT2D eigenvalue weighted by Crippen LogP contribution is -2.25. The van der Waals surface area contributed by atoms with Crippen molar-refractivity contribution >= 4 is 0 Å². The summed E-state index contributed by atoms with van der Waals surface area (Å²) in [6.45, 7) is 4.11. The maximum atomic E-state index is 14.1. The Hall–Kier alpha value is -1.10. The smallest absolute Gasteiger partial charge is 0.388 e. The molecule has 0 amide bonds. The number of halogens is 4. The van der Waals surface area contributed by atoms with Crippen LogP contribution in [0.25, 0.3) is 0 Å². The van der Waals surface area contributed by atoms with Crippen LogP contribution in [0.3, 0.4) is 0 Å². The summed E-state index contributed by atoms with van der Waals surface area (Å²) in [5, 5.41) is 10.3. The second-order valence-electron chi connectivity index (χ2n) is 6.33. The van der Waals surface area contributed by atoms with Crippen molar-refractivity contribution in [2.45, 2.75) is 45.4 Å². The predicted octanol–water partition coefficient (Wildman–Crippen LogP) is 4.95. The first-order valence-corrected chi connectivity index (χ1v) is 7.23. The molecule has 3 unspecified atom stereocenters. The molecule has 2 rings (SSSR count). The van der Waals surface area contributed by atoms with Gasteiger partial charge in [0.15, 0.2) is 0 Å². The first kappa shape index (κ1) is 16.3. The van der Waals surface area contributed by atoms with Crippen LogP contribution in [0, 0.1) is 23.6 Å². The van der Waals surface area contributed by atoms with Crippen LogP contribution < -0.4 is 0 Å². The van der Waals surface area contributed by atoms with Gasteiger partial charge in [-0.25, -0.2) is 4.39 Å². The Kier molecular flexibility index (Phi) is 4.61. The topological polar surface area (TPSA) is 20.2 Å². The normalized spacial score (nSPS) is 28.4. The number of rotatable bonds is 2. The highest BCUT2D eigenvalue weighted by atomic mass is 19.4. The molecule has 0 radical (unpaired) electrons. The van der Waals surface area contributed by atoms with Crippen molar-refractivity contribution in [3.05, 3.63) is 35.1 Å². The molecule has 0 aromatic heterocycles. The molecule has 0 heterocycles. The molecular weight excluding hydrogens is 284 g/mol. The fraction of sp³-hybridized carbons (Fsp3) is 0.625. The van der Waals surface area contributed by atoms with Crippen LogP contribution in [0.4, 0.5) is 17.6 Å². The second-order valence-corrected chi connectivity index (χ2v) is 6.33. The maximum absolute atomic E-state index is 14.1. The fourth-order valence-electron chi connectivity index (χ4n) is 3.52. The highest BCUT2D eigenvalue weighted by molar-refractivity contribution is 5.30. The van der Waals surface area contributed by atoms with Gasteiger partial charge in [0.1, 0.15) is 5.82 Å². The number of hydrogen-bond acceptors (Lipinski definition) is 1. The summed E-state index contributed by atoms with van der Waals surface area (Å²) in [4.78, 5) is 0. The fourth-order valence-corrected chi connectivity index (χ4v) is 3.52. The van der Waals surface area contributed by atoms with E-state index >= 15 is 0 Å². The molecule has 5 heteroatoms. The van der Waals surface area contributed by atoms with Gasteiger partial charge in [-0.1, -0.05) is 26.0 Å². The first-order valence-electron chi connectivity index (χ1n) is 7.23. The van der Waals surface area contributed by atoms with Crippen LogP contribution in [-0.4, -0.2) is 5.11 Å². The average Bonchev–Trinajstić information content (AvgIpc) is 2.35. The molecule has 1 aliphatic rings. The Morgan fingerprint density at radius 3 is 2.19 bits per heavy atom. The summed E-state index contributed by atoms with van der Waals surface area (Å²) < 4.78 is 52.3. The van der Waals surface area contributed by atoms with Crippen molar-refractivity contribution in [1.29, 1.82) is 0 Å². The van der Waals surface area contributed by atoms with Gasteiger partial charge in [-0.15, -0.1) is 0 Å². The van der Waals surface area contributed by atoms with Crippen molar-refractivity contribution in [3.63, 3.8) is 0 Å². The van der Waals surface area contributed by atoms with Crippen LogP contribution >= 0.6 is 0 Å². The van der Waals surface area contributed by atoms with Crippen LogP contribution in [0.15, 0.2) is 18.2 Å². The molecule has 0 spiro atoms. The molecular formula is C16H20F4O. The summed E-state index contributed by atoms with van der Waals surface area (Å²) in [6.07, 6.45) is -3.47. The van der Waals surface area contributed by atoms with Gasteiger partial charge >= 0.3 is 6.18 Å². The van der Waals surface area contributed by atoms with E-state index in [1.54, 1.807) is 0 Å². The molecule has 0 aliphatic heterocycles. The summed E-state index contributed by atoms with van der Waals surface area (Å²) >= 11 is 0. The van der Waals surface area contributed by atoms with Crippen molar-refractivity contribution < 1.29 is 22.7 Å². The molecule has 1 fully saturated rings. The van der Waals surface area contributed by atoms with Gasteiger partial charge < -0.3 is 5.11 Å². The van der Waals surface area contributed by atoms with Crippen molar-refractivity contribution in [2.75, 3.05) is 0 Å². The van der Waals surface area contributed by atoms with E-state index in [1.165, 1.54) is 6.07 Å². The van der Waals surface area contributed by atoms with Gasteiger partial charge in [0, 0.05) is 5.56 Å². The Morgan fingerprint density at radius 2 is 1.67 bits per heavy atom. The lowest BCUT2D eigenvalue weighted by Gasteiger charge is -2.34. The number of alkyl halides is 3. The number of aliphatic hydroxyl groups is 1. The number of aliphatic hydroxyl groups excluding tert-OH is 1. The Bertz CT molecular complexity index is 488. The van der Waals surface area contributed by atoms with Gasteiger partial charge in [-0.3, -0.25) is 0 Å².